The van der Waals surface area contributed by atoms with Gasteiger partial charge in [-0.2, -0.15) is 0 Å². The first-order valence-electron chi connectivity index (χ1n) is 9.66. The van der Waals surface area contributed by atoms with Gasteiger partial charge in [-0.25, -0.2) is 9.98 Å². The average Bonchev–Trinajstić information content (AvgIpc) is 2.68. The Morgan fingerprint density at radius 2 is 1.21 bits per heavy atom. The van der Waals surface area contributed by atoms with Gasteiger partial charge in [0.2, 0.25) is 5.90 Å². The molecule has 0 aromatic heterocycles. The van der Waals surface area contributed by atoms with Crippen LogP contribution in [0.2, 0.25) is 0 Å². The number of hydrogen-bond donors (Lipinski definition) is 0. The molecule has 2 aromatic rings. The second-order valence-corrected chi connectivity index (χ2v) is 7.16. The standard InChI is InChI=1S/C24H31N3O2/c1-15-11-9-12-16(2)21(15)25-19(5)23(28-7)27-24(29-8)20(6)26-22-17(3)13-10-14-18(22)4/h9-14,23H,1-8H3/b25-19?,26-20?,27-24+. The lowest BCUT2D eigenvalue weighted by atomic mass is 10.1. The van der Waals surface area contributed by atoms with Crippen LogP contribution in [-0.2, 0) is 9.47 Å². The molecule has 1 unspecified atom stereocenters. The molecule has 0 amide bonds. The van der Waals surface area contributed by atoms with E-state index >= 15 is 0 Å². The highest BCUT2D eigenvalue weighted by molar-refractivity contribution is 6.38. The minimum Gasteiger partial charge on any atom is -0.480 e. The van der Waals surface area contributed by atoms with Crippen LogP contribution in [0.15, 0.2) is 51.4 Å². The molecule has 0 bridgehead atoms. The van der Waals surface area contributed by atoms with E-state index in [-0.39, 0.29) is 0 Å². The third kappa shape index (κ3) is 5.61. The number of aliphatic imine (C=N–C) groups is 3. The van der Waals surface area contributed by atoms with Gasteiger partial charge in [0.1, 0.15) is 0 Å². The van der Waals surface area contributed by atoms with Crippen LogP contribution in [0.25, 0.3) is 0 Å². The first kappa shape index (κ1) is 22.5. The zero-order valence-electron chi connectivity index (χ0n) is 18.7. The number of methoxy groups -OCH3 is 2. The van der Waals surface area contributed by atoms with E-state index in [2.05, 4.69) is 4.99 Å². The summed E-state index contributed by atoms with van der Waals surface area (Å²) in [7, 11) is 3.20. The molecule has 5 nitrogen and oxygen atoms in total. The fraction of sp³-hybridized carbons (Fsp3) is 0.375. The Balaban J connectivity index is 2.41. The van der Waals surface area contributed by atoms with E-state index in [1.165, 1.54) is 0 Å². The molecule has 0 aliphatic carbocycles. The van der Waals surface area contributed by atoms with E-state index in [9.17, 15) is 0 Å². The van der Waals surface area contributed by atoms with Crippen LogP contribution < -0.4 is 0 Å². The molecule has 0 heterocycles. The number of benzene rings is 2. The maximum atomic E-state index is 5.59. The average molecular weight is 394 g/mol. The molecule has 0 saturated carbocycles. The van der Waals surface area contributed by atoms with Crippen molar-refractivity contribution in [2.75, 3.05) is 14.2 Å². The van der Waals surface area contributed by atoms with Gasteiger partial charge in [-0.1, -0.05) is 36.4 Å². The molecule has 2 aromatic carbocycles. The summed E-state index contributed by atoms with van der Waals surface area (Å²) in [5.41, 5.74) is 7.76. The Hall–Kier alpha value is -2.79. The predicted molar refractivity (Wildman–Crippen MR) is 123 cm³/mol. The molecule has 0 saturated heterocycles. The van der Waals surface area contributed by atoms with Crippen molar-refractivity contribution in [1.82, 2.24) is 0 Å². The van der Waals surface area contributed by atoms with Crippen molar-refractivity contribution >= 4 is 28.7 Å². The molecule has 154 valence electrons. The van der Waals surface area contributed by atoms with Crippen molar-refractivity contribution < 1.29 is 9.47 Å². The van der Waals surface area contributed by atoms with Gasteiger partial charge in [-0.05, 0) is 63.8 Å². The van der Waals surface area contributed by atoms with Crippen LogP contribution >= 0.6 is 0 Å². The van der Waals surface area contributed by atoms with E-state index in [1.807, 2.05) is 77.9 Å². The first-order chi connectivity index (χ1) is 13.8. The van der Waals surface area contributed by atoms with E-state index in [0.717, 1.165) is 39.3 Å². The Morgan fingerprint density at radius 3 is 1.62 bits per heavy atom. The van der Waals surface area contributed by atoms with Crippen LogP contribution in [0.5, 0.6) is 0 Å². The van der Waals surface area contributed by atoms with Crippen LogP contribution in [0.4, 0.5) is 11.4 Å². The molecular weight excluding hydrogens is 362 g/mol. The molecule has 0 aliphatic heterocycles. The molecule has 0 N–H and O–H groups in total. The van der Waals surface area contributed by atoms with Crippen molar-refractivity contribution in [2.24, 2.45) is 15.0 Å². The zero-order chi connectivity index (χ0) is 21.6. The third-order valence-corrected chi connectivity index (χ3v) is 4.76. The maximum absolute atomic E-state index is 5.59. The zero-order valence-corrected chi connectivity index (χ0v) is 18.7. The van der Waals surface area contributed by atoms with Gasteiger partial charge in [0.15, 0.2) is 6.23 Å². The van der Waals surface area contributed by atoms with Gasteiger partial charge in [-0.15, -0.1) is 0 Å². The molecule has 0 radical (unpaired) electrons. The van der Waals surface area contributed by atoms with Crippen LogP contribution in [-0.4, -0.2) is 37.8 Å². The monoisotopic (exact) mass is 393 g/mol. The second kappa shape index (κ2) is 10.1. The summed E-state index contributed by atoms with van der Waals surface area (Å²) in [6, 6.07) is 12.2. The highest BCUT2D eigenvalue weighted by Crippen LogP contribution is 2.25. The smallest absolute Gasteiger partial charge is 0.233 e. The van der Waals surface area contributed by atoms with E-state index in [4.69, 9.17) is 19.5 Å². The highest BCUT2D eigenvalue weighted by Gasteiger charge is 2.15. The van der Waals surface area contributed by atoms with E-state index in [0.29, 0.717) is 11.6 Å². The number of hydrogen-bond acceptors (Lipinski definition) is 5. The van der Waals surface area contributed by atoms with Crippen LogP contribution in [0.1, 0.15) is 36.1 Å². The van der Waals surface area contributed by atoms with E-state index in [1.54, 1.807) is 14.2 Å². The first-order valence-corrected chi connectivity index (χ1v) is 9.66. The van der Waals surface area contributed by atoms with Crippen molar-refractivity contribution in [2.45, 2.75) is 47.8 Å². The van der Waals surface area contributed by atoms with Gasteiger partial charge in [0.25, 0.3) is 0 Å². The van der Waals surface area contributed by atoms with Crippen molar-refractivity contribution in [3.63, 3.8) is 0 Å². The molecule has 5 heteroatoms. The number of nitrogens with zero attached hydrogens (tertiary/aromatic N) is 3. The van der Waals surface area contributed by atoms with Gasteiger partial charge in [0, 0.05) is 7.11 Å². The van der Waals surface area contributed by atoms with Crippen molar-refractivity contribution in [1.29, 1.82) is 0 Å². The van der Waals surface area contributed by atoms with Gasteiger partial charge in [-0.3, -0.25) is 4.99 Å². The Bertz CT molecular complexity index is 918. The number of aryl methyl sites for hydroxylation is 4. The number of rotatable bonds is 6. The molecule has 0 fully saturated rings. The summed E-state index contributed by atoms with van der Waals surface area (Å²) < 4.78 is 11.1. The summed E-state index contributed by atoms with van der Waals surface area (Å²) >= 11 is 0. The second-order valence-electron chi connectivity index (χ2n) is 7.16. The summed E-state index contributed by atoms with van der Waals surface area (Å²) in [5, 5.41) is 0. The summed E-state index contributed by atoms with van der Waals surface area (Å²) in [6.45, 7) is 12.0. The molecule has 29 heavy (non-hydrogen) atoms. The maximum Gasteiger partial charge on any atom is 0.233 e. The molecule has 1 atom stereocenters. The lowest BCUT2D eigenvalue weighted by Gasteiger charge is -2.15. The Labute approximate surface area is 174 Å². The van der Waals surface area contributed by atoms with Crippen LogP contribution in [0.3, 0.4) is 0 Å². The quantitative estimate of drug-likeness (QED) is 0.458. The topological polar surface area (TPSA) is 55.5 Å². The largest absolute Gasteiger partial charge is 0.480 e. The Kier molecular flexibility index (Phi) is 7.85. The fourth-order valence-corrected chi connectivity index (χ4v) is 3.13. The van der Waals surface area contributed by atoms with Gasteiger partial charge >= 0.3 is 0 Å². The minimum atomic E-state index is -0.563. The summed E-state index contributed by atoms with van der Waals surface area (Å²) in [4.78, 5) is 14.2. The third-order valence-electron chi connectivity index (χ3n) is 4.76. The van der Waals surface area contributed by atoms with E-state index < -0.39 is 6.23 Å². The van der Waals surface area contributed by atoms with Crippen LogP contribution in [0, 0.1) is 27.7 Å². The van der Waals surface area contributed by atoms with Crippen molar-refractivity contribution in [3.8, 4) is 0 Å². The number of para-hydroxylation sites is 2. The lowest BCUT2D eigenvalue weighted by Crippen LogP contribution is -2.23. The van der Waals surface area contributed by atoms with Gasteiger partial charge in [0.05, 0.1) is 29.9 Å². The number of ether oxygens (including phenoxy) is 2. The highest BCUT2D eigenvalue weighted by atomic mass is 16.5. The SMILES string of the molecule is CO/C(=N/C(OC)C(C)=Nc1c(C)cccc1C)C(C)=Nc1c(C)cccc1C. The van der Waals surface area contributed by atoms with Crippen molar-refractivity contribution in [3.05, 3.63) is 58.7 Å². The molecule has 0 aliphatic rings. The molecular formula is C24H31N3O2. The minimum absolute atomic E-state index is 0.426. The summed E-state index contributed by atoms with van der Waals surface area (Å²) in [5.74, 6) is 0.426. The van der Waals surface area contributed by atoms with Gasteiger partial charge < -0.3 is 9.47 Å². The Morgan fingerprint density at radius 1 is 0.759 bits per heavy atom. The molecule has 2 rings (SSSR count). The summed E-state index contributed by atoms with van der Waals surface area (Å²) in [6.07, 6.45) is -0.563. The fourth-order valence-electron chi connectivity index (χ4n) is 3.13. The molecule has 0 spiro atoms. The lowest BCUT2D eigenvalue weighted by molar-refractivity contribution is 0.160. The predicted octanol–water partition coefficient (Wildman–Crippen LogP) is 5.82. The normalized spacial score (nSPS) is 14.1.